The fourth-order valence-electron chi connectivity index (χ4n) is 2.20. The fraction of sp³-hybridized carbons (Fsp3) is 0.714. The van der Waals surface area contributed by atoms with E-state index in [1.165, 1.54) is 0 Å². The van der Waals surface area contributed by atoms with Gasteiger partial charge in [-0.2, -0.15) is 0 Å². The highest BCUT2D eigenvalue weighted by molar-refractivity contribution is 6.22. The standard InChI is InChI=1S/C14H24N2O2/c1-10(15-6-7-16(4)5)13-11(17)8-14(2,3)9-12(13)18/h17H,6-9H2,1-5H3. The SMILES string of the molecule is CC(=NCCN(C)C)C1=C(O)CC(C)(C)CC1=O. The van der Waals surface area contributed by atoms with Crippen molar-refractivity contribution in [2.24, 2.45) is 10.4 Å². The second-order valence-corrected chi connectivity index (χ2v) is 6.03. The highest BCUT2D eigenvalue weighted by Crippen LogP contribution is 2.35. The van der Waals surface area contributed by atoms with Gasteiger partial charge in [0.2, 0.25) is 0 Å². The minimum absolute atomic E-state index is 0.00912. The number of likely N-dealkylation sites (N-methyl/N-ethyl adjacent to an activating group) is 1. The normalized spacial score (nSPS) is 20.8. The minimum atomic E-state index is -0.144. The first-order chi connectivity index (χ1) is 8.23. The van der Waals surface area contributed by atoms with Crippen molar-refractivity contribution in [2.75, 3.05) is 27.2 Å². The lowest BCUT2D eigenvalue weighted by molar-refractivity contribution is -0.117. The summed E-state index contributed by atoms with van der Waals surface area (Å²) in [5.41, 5.74) is 0.956. The molecule has 0 aliphatic heterocycles. The van der Waals surface area contributed by atoms with Gasteiger partial charge in [0.1, 0.15) is 5.76 Å². The zero-order valence-corrected chi connectivity index (χ0v) is 12.1. The molecule has 102 valence electrons. The van der Waals surface area contributed by atoms with Gasteiger partial charge in [0.15, 0.2) is 5.78 Å². The van der Waals surface area contributed by atoms with Gasteiger partial charge in [0.25, 0.3) is 0 Å². The summed E-state index contributed by atoms with van der Waals surface area (Å²) in [5, 5.41) is 10.0. The molecule has 1 rings (SSSR count). The van der Waals surface area contributed by atoms with Crippen molar-refractivity contribution in [3.8, 4) is 0 Å². The maximum Gasteiger partial charge on any atom is 0.168 e. The van der Waals surface area contributed by atoms with Crippen LogP contribution in [0.25, 0.3) is 0 Å². The monoisotopic (exact) mass is 252 g/mol. The van der Waals surface area contributed by atoms with Crippen LogP contribution in [0.5, 0.6) is 0 Å². The summed E-state index contributed by atoms with van der Waals surface area (Å²) in [6, 6.07) is 0. The molecule has 0 bridgehead atoms. The molecule has 4 nitrogen and oxygen atoms in total. The minimum Gasteiger partial charge on any atom is -0.511 e. The number of aliphatic imine (C=N–C) groups is 1. The average Bonchev–Trinajstić information content (AvgIpc) is 2.12. The number of carbonyl (C=O) groups excluding carboxylic acids is 1. The molecule has 0 heterocycles. The number of carbonyl (C=O) groups is 1. The molecule has 18 heavy (non-hydrogen) atoms. The van der Waals surface area contributed by atoms with Gasteiger partial charge in [-0.25, -0.2) is 0 Å². The third kappa shape index (κ3) is 3.95. The Balaban J connectivity index is 2.84. The Kier molecular flexibility index (Phi) is 4.68. The second kappa shape index (κ2) is 5.65. The predicted molar refractivity (Wildman–Crippen MR) is 74.2 cm³/mol. The number of hydrogen-bond donors (Lipinski definition) is 1. The number of rotatable bonds is 4. The van der Waals surface area contributed by atoms with Crippen LogP contribution in [-0.4, -0.2) is 48.7 Å². The molecule has 0 aromatic carbocycles. The van der Waals surface area contributed by atoms with E-state index in [4.69, 9.17) is 0 Å². The van der Waals surface area contributed by atoms with E-state index in [-0.39, 0.29) is 17.0 Å². The van der Waals surface area contributed by atoms with Crippen molar-refractivity contribution in [3.63, 3.8) is 0 Å². The third-order valence-corrected chi connectivity index (χ3v) is 3.11. The highest BCUT2D eigenvalue weighted by atomic mass is 16.3. The fourth-order valence-corrected chi connectivity index (χ4v) is 2.20. The molecule has 0 aromatic heterocycles. The Bertz CT molecular complexity index is 393. The number of aliphatic hydroxyl groups excluding tert-OH is 1. The zero-order valence-electron chi connectivity index (χ0n) is 12.1. The van der Waals surface area contributed by atoms with E-state index in [2.05, 4.69) is 4.99 Å². The van der Waals surface area contributed by atoms with Gasteiger partial charge in [-0.05, 0) is 26.4 Å². The van der Waals surface area contributed by atoms with E-state index >= 15 is 0 Å². The van der Waals surface area contributed by atoms with E-state index in [1.807, 2.05) is 32.8 Å². The van der Waals surface area contributed by atoms with Crippen LogP contribution in [0.15, 0.2) is 16.3 Å². The number of ketones is 1. The first-order valence-corrected chi connectivity index (χ1v) is 6.34. The smallest absolute Gasteiger partial charge is 0.168 e. The summed E-state index contributed by atoms with van der Waals surface area (Å²) in [4.78, 5) is 18.5. The topological polar surface area (TPSA) is 52.9 Å². The Labute approximate surface area is 109 Å². The molecule has 0 atom stereocenters. The van der Waals surface area contributed by atoms with Crippen molar-refractivity contribution in [1.82, 2.24) is 4.90 Å². The molecule has 0 radical (unpaired) electrons. The van der Waals surface area contributed by atoms with E-state index in [9.17, 15) is 9.90 Å². The van der Waals surface area contributed by atoms with Crippen molar-refractivity contribution in [3.05, 3.63) is 11.3 Å². The first kappa shape index (κ1) is 14.9. The van der Waals surface area contributed by atoms with Gasteiger partial charge in [0.05, 0.1) is 12.1 Å². The summed E-state index contributed by atoms with van der Waals surface area (Å²) < 4.78 is 0. The van der Waals surface area contributed by atoms with E-state index in [1.54, 1.807) is 6.92 Å². The van der Waals surface area contributed by atoms with Crippen LogP contribution in [0, 0.1) is 5.41 Å². The molecule has 0 saturated heterocycles. The van der Waals surface area contributed by atoms with Gasteiger partial charge >= 0.3 is 0 Å². The summed E-state index contributed by atoms with van der Waals surface area (Å²) >= 11 is 0. The Hall–Kier alpha value is -1.16. The van der Waals surface area contributed by atoms with E-state index in [0.717, 1.165) is 6.54 Å². The molecular weight excluding hydrogens is 228 g/mol. The second-order valence-electron chi connectivity index (χ2n) is 6.03. The number of hydrogen-bond acceptors (Lipinski definition) is 4. The molecule has 1 aliphatic rings. The van der Waals surface area contributed by atoms with Crippen molar-refractivity contribution in [2.45, 2.75) is 33.6 Å². The molecule has 0 spiro atoms. The Morgan fingerprint density at radius 1 is 1.39 bits per heavy atom. The molecule has 1 aliphatic carbocycles. The number of Topliss-reactive ketones (excluding diaryl/α,β-unsaturated/α-hetero) is 1. The van der Waals surface area contributed by atoms with Crippen LogP contribution < -0.4 is 0 Å². The van der Waals surface area contributed by atoms with Crippen LogP contribution >= 0.6 is 0 Å². The zero-order chi connectivity index (χ0) is 13.9. The third-order valence-electron chi connectivity index (χ3n) is 3.11. The Morgan fingerprint density at radius 2 is 2.00 bits per heavy atom. The van der Waals surface area contributed by atoms with Gasteiger partial charge in [-0.15, -0.1) is 0 Å². The van der Waals surface area contributed by atoms with Crippen LogP contribution in [0.1, 0.15) is 33.6 Å². The van der Waals surface area contributed by atoms with Crippen LogP contribution in [0.4, 0.5) is 0 Å². The number of allylic oxidation sites excluding steroid dienone is 2. The first-order valence-electron chi connectivity index (χ1n) is 6.34. The van der Waals surface area contributed by atoms with Gasteiger partial charge in [0, 0.05) is 25.1 Å². The van der Waals surface area contributed by atoms with Crippen molar-refractivity contribution < 1.29 is 9.90 Å². The Morgan fingerprint density at radius 3 is 2.50 bits per heavy atom. The molecule has 0 fully saturated rings. The summed E-state index contributed by atoms with van der Waals surface area (Å²) in [7, 11) is 3.96. The lowest BCUT2D eigenvalue weighted by atomic mass is 9.76. The molecule has 0 saturated carbocycles. The summed E-state index contributed by atoms with van der Waals surface area (Å²) in [6.07, 6.45) is 1.03. The van der Waals surface area contributed by atoms with Crippen LogP contribution in [-0.2, 0) is 4.79 Å². The largest absolute Gasteiger partial charge is 0.511 e. The average molecular weight is 252 g/mol. The lowest BCUT2D eigenvalue weighted by Gasteiger charge is -2.29. The predicted octanol–water partition coefficient (Wildman–Crippen LogP) is 2.21. The maximum absolute atomic E-state index is 12.0. The number of nitrogens with zero attached hydrogens (tertiary/aromatic N) is 2. The molecule has 4 heteroatoms. The van der Waals surface area contributed by atoms with Gasteiger partial charge in [-0.1, -0.05) is 13.8 Å². The van der Waals surface area contributed by atoms with Crippen molar-refractivity contribution >= 4 is 11.5 Å². The van der Waals surface area contributed by atoms with Crippen LogP contribution in [0.2, 0.25) is 0 Å². The highest BCUT2D eigenvalue weighted by Gasteiger charge is 2.33. The number of aliphatic hydroxyl groups is 1. The molecule has 0 amide bonds. The van der Waals surface area contributed by atoms with Crippen LogP contribution in [0.3, 0.4) is 0 Å². The van der Waals surface area contributed by atoms with Gasteiger partial charge in [-0.3, -0.25) is 9.79 Å². The molecule has 1 N–H and O–H groups in total. The molecular formula is C14H24N2O2. The lowest BCUT2D eigenvalue weighted by Crippen LogP contribution is -2.28. The van der Waals surface area contributed by atoms with E-state index < -0.39 is 0 Å². The molecule has 0 unspecified atom stereocenters. The summed E-state index contributed by atoms with van der Waals surface area (Å²) in [6.45, 7) is 7.28. The maximum atomic E-state index is 12.0. The van der Waals surface area contributed by atoms with Crippen molar-refractivity contribution in [1.29, 1.82) is 0 Å². The molecule has 0 aromatic rings. The summed E-state index contributed by atoms with van der Waals surface area (Å²) in [5.74, 6) is 0.206. The quantitative estimate of drug-likeness (QED) is 0.780. The van der Waals surface area contributed by atoms with E-state index in [0.29, 0.717) is 30.7 Å². The van der Waals surface area contributed by atoms with Gasteiger partial charge < -0.3 is 10.0 Å².